The summed E-state index contributed by atoms with van der Waals surface area (Å²) in [7, 11) is 0. The molecule has 4 N–H and O–H groups in total. The van der Waals surface area contributed by atoms with Crippen LogP contribution in [-0.2, 0) is 15.7 Å². The summed E-state index contributed by atoms with van der Waals surface area (Å²) in [5, 5.41) is 8.74. The van der Waals surface area contributed by atoms with Crippen molar-refractivity contribution in [2.75, 3.05) is 6.61 Å². The number of carbonyl (C=O) groups is 1. The fourth-order valence-electron chi connectivity index (χ4n) is 2.05. The van der Waals surface area contributed by atoms with Gasteiger partial charge in [-0.1, -0.05) is 42.5 Å². The maximum atomic E-state index is 12.8. The maximum Gasteiger partial charge on any atom is 0.416 e. The van der Waals surface area contributed by atoms with Crippen LogP contribution >= 0.6 is 0 Å². The molecule has 124 valence electrons. The predicted octanol–water partition coefficient (Wildman–Crippen LogP) is 4.06. The first-order valence-corrected chi connectivity index (χ1v) is 6.43. The van der Waals surface area contributed by atoms with Gasteiger partial charge in [0.2, 0.25) is 0 Å². The minimum atomic E-state index is -4.47. The summed E-state index contributed by atoms with van der Waals surface area (Å²) >= 11 is 0. The Morgan fingerprint density at radius 1 is 1.04 bits per heavy atom. The first kappa shape index (κ1) is 18.7. The van der Waals surface area contributed by atoms with Crippen LogP contribution in [0.1, 0.15) is 22.8 Å². The van der Waals surface area contributed by atoms with E-state index in [4.69, 9.17) is 9.84 Å². The zero-order chi connectivity index (χ0) is 16.2. The molecule has 2 rings (SSSR count). The molecule has 2 aromatic carbocycles. The molecule has 0 aliphatic carbocycles. The lowest BCUT2D eigenvalue weighted by Crippen LogP contribution is -2.14. The third kappa shape index (κ3) is 5.08. The Morgan fingerprint density at radius 2 is 1.65 bits per heavy atom. The van der Waals surface area contributed by atoms with Crippen LogP contribution in [0.5, 0.6) is 0 Å². The Hall–Kier alpha value is -2.38. The zero-order valence-corrected chi connectivity index (χ0v) is 12.1. The number of carboxylic acids is 1. The third-order valence-corrected chi connectivity index (χ3v) is 2.99. The Labute approximate surface area is 131 Å². The van der Waals surface area contributed by atoms with Crippen molar-refractivity contribution in [3.63, 3.8) is 0 Å². The Kier molecular flexibility index (Phi) is 6.29. The minimum Gasteiger partial charge on any atom is -0.480 e. The van der Waals surface area contributed by atoms with Crippen molar-refractivity contribution in [2.45, 2.75) is 12.3 Å². The second-order valence-electron chi connectivity index (χ2n) is 4.62. The molecule has 0 fully saturated rings. The molecule has 0 bridgehead atoms. The van der Waals surface area contributed by atoms with E-state index < -0.39 is 30.4 Å². The average Bonchev–Trinajstić information content (AvgIpc) is 2.48. The minimum absolute atomic E-state index is 0. The van der Waals surface area contributed by atoms with E-state index >= 15 is 0 Å². The van der Waals surface area contributed by atoms with Gasteiger partial charge in [0.15, 0.2) is 0 Å². The van der Waals surface area contributed by atoms with E-state index in [9.17, 15) is 18.0 Å². The van der Waals surface area contributed by atoms with E-state index in [1.54, 1.807) is 30.3 Å². The maximum absolute atomic E-state index is 12.8. The molecule has 23 heavy (non-hydrogen) atoms. The van der Waals surface area contributed by atoms with Gasteiger partial charge in [0.1, 0.15) is 12.7 Å². The number of rotatable bonds is 5. The van der Waals surface area contributed by atoms with Crippen molar-refractivity contribution in [3.05, 3.63) is 71.3 Å². The quantitative estimate of drug-likeness (QED) is 0.868. The van der Waals surface area contributed by atoms with Gasteiger partial charge in [-0.15, -0.1) is 0 Å². The topological polar surface area (TPSA) is 81.5 Å². The van der Waals surface area contributed by atoms with Gasteiger partial charge >= 0.3 is 12.1 Å². The van der Waals surface area contributed by atoms with Crippen molar-refractivity contribution < 1.29 is 27.8 Å². The molecule has 4 nitrogen and oxygen atoms in total. The molecule has 0 heterocycles. The van der Waals surface area contributed by atoms with E-state index in [1.807, 2.05) is 0 Å². The van der Waals surface area contributed by atoms with Crippen molar-refractivity contribution >= 4 is 5.97 Å². The largest absolute Gasteiger partial charge is 0.480 e. The van der Waals surface area contributed by atoms with Gasteiger partial charge in [0.25, 0.3) is 0 Å². The fourth-order valence-corrected chi connectivity index (χ4v) is 2.05. The number of hydrogen-bond donors (Lipinski definition) is 2. The fraction of sp³-hybridized carbons (Fsp3) is 0.188. The molecule has 0 aliphatic heterocycles. The average molecular weight is 327 g/mol. The molecule has 1 atom stereocenters. The molecular formula is C16H16F3NO3. The number of alkyl halides is 3. The van der Waals surface area contributed by atoms with E-state index in [1.165, 1.54) is 12.1 Å². The molecule has 1 unspecified atom stereocenters. The molecule has 0 saturated carbocycles. The number of hydrogen-bond acceptors (Lipinski definition) is 3. The normalized spacial score (nSPS) is 12.3. The molecule has 0 radical (unpaired) electrons. The van der Waals surface area contributed by atoms with Crippen LogP contribution in [-0.4, -0.2) is 17.7 Å². The molecule has 0 aromatic heterocycles. The summed E-state index contributed by atoms with van der Waals surface area (Å²) in [5.41, 5.74) is 0.0372. The molecule has 0 aliphatic rings. The first-order valence-electron chi connectivity index (χ1n) is 6.43. The van der Waals surface area contributed by atoms with Crippen LogP contribution in [0.2, 0.25) is 0 Å². The summed E-state index contributed by atoms with van der Waals surface area (Å²) in [4.78, 5) is 10.7. The van der Waals surface area contributed by atoms with Crippen LogP contribution in [0.15, 0.2) is 54.6 Å². The van der Waals surface area contributed by atoms with E-state index in [0.717, 1.165) is 12.1 Å². The summed E-state index contributed by atoms with van der Waals surface area (Å²) in [5.74, 6) is -1.19. The summed E-state index contributed by atoms with van der Waals surface area (Å²) in [6, 6.07) is 13.2. The second-order valence-corrected chi connectivity index (χ2v) is 4.62. The summed E-state index contributed by atoms with van der Waals surface area (Å²) in [6.45, 7) is -0.601. The van der Waals surface area contributed by atoms with Crippen LogP contribution in [0.25, 0.3) is 0 Å². The standard InChI is InChI=1S/C16H13F3O3.H3N/c17-16(18,19)13-8-4-7-12(9-13)15(22-10-14(20)21)11-5-2-1-3-6-11;/h1-9,15H,10H2,(H,20,21);1H3. The van der Waals surface area contributed by atoms with E-state index in [-0.39, 0.29) is 11.7 Å². The highest BCUT2D eigenvalue weighted by Crippen LogP contribution is 2.33. The number of ether oxygens (including phenoxy) is 1. The van der Waals surface area contributed by atoms with Crippen molar-refractivity contribution in [1.29, 1.82) is 0 Å². The van der Waals surface area contributed by atoms with Crippen molar-refractivity contribution in [3.8, 4) is 0 Å². The van der Waals surface area contributed by atoms with Gasteiger partial charge in [0.05, 0.1) is 5.56 Å². The highest BCUT2D eigenvalue weighted by molar-refractivity contribution is 5.68. The lowest BCUT2D eigenvalue weighted by atomic mass is 9.99. The van der Waals surface area contributed by atoms with Crippen LogP contribution in [0, 0.1) is 0 Å². The second kappa shape index (κ2) is 7.75. The number of halogens is 3. The van der Waals surface area contributed by atoms with Gasteiger partial charge in [-0.3, -0.25) is 0 Å². The highest BCUT2D eigenvalue weighted by Gasteiger charge is 2.31. The molecule has 7 heteroatoms. The van der Waals surface area contributed by atoms with Crippen LogP contribution < -0.4 is 6.15 Å². The van der Waals surface area contributed by atoms with Gasteiger partial charge in [-0.05, 0) is 23.3 Å². The van der Waals surface area contributed by atoms with Crippen LogP contribution in [0.4, 0.5) is 13.2 Å². The van der Waals surface area contributed by atoms with E-state index in [0.29, 0.717) is 5.56 Å². The Bertz CT molecular complexity index is 645. The molecule has 0 amide bonds. The predicted molar refractivity (Wildman–Crippen MR) is 78.3 cm³/mol. The zero-order valence-electron chi connectivity index (χ0n) is 12.1. The first-order chi connectivity index (χ1) is 10.4. The summed E-state index contributed by atoms with van der Waals surface area (Å²) in [6.07, 6.45) is -5.34. The third-order valence-electron chi connectivity index (χ3n) is 2.99. The SMILES string of the molecule is N.O=C(O)COC(c1ccccc1)c1cccc(C(F)(F)F)c1. The lowest BCUT2D eigenvalue weighted by molar-refractivity contribution is -0.144. The monoisotopic (exact) mass is 327 g/mol. The summed E-state index contributed by atoms with van der Waals surface area (Å²) < 4.78 is 43.7. The number of benzene rings is 2. The number of carboxylic acid groups (broad SMARTS) is 1. The Balaban J connectivity index is 0.00000264. The smallest absolute Gasteiger partial charge is 0.416 e. The van der Waals surface area contributed by atoms with Gasteiger partial charge in [-0.25, -0.2) is 4.79 Å². The van der Waals surface area contributed by atoms with Crippen molar-refractivity contribution in [2.24, 2.45) is 0 Å². The molecule has 0 saturated heterocycles. The van der Waals surface area contributed by atoms with Crippen molar-refractivity contribution in [1.82, 2.24) is 6.15 Å². The van der Waals surface area contributed by atoms with Gasteiger partial charge in [0, 0.05) is 0 Å². The molecular weight excluding hydrogens is 311 g/mol. The van der Waals surface area contributed by atoms with E-state index in [2.05, 4.69) is 0 Å². The Morgan fingerprint density at radius 3 is 2.22 bits per heavy atom. The van der Waals surface area contributed by atoms with Crippen LogP contribution in [0.3, 0.4) is 0 Å². The number of aliphatic carboxylic acids is 1. The lowest BCUT2D eigenvalue weighted by Gasteiger charge is -2.19. The molecule has 2 aromatic rings. The van der Waals surface area contributed by atoms with Gasteiger partial charge < -0.3 is 16.0 Å². The highest BCUT2D eigenvalue weighted by atomic mass is 19.4. The van der Waals surface area contributed by atoms with Gasteiger partial charge in [-0.2, -0.15) is 13.2 Å². The molecule has 0 spiro atoms.